The van der Waals surface area contributed by atoms with Crippen LogP contribution in [0.4, 0.5) is 5.82 Å². The number of thioether (sulfide) groups is 2. The van der Waals surface area contributed by atoms with E-state index >= 15 is 0 Å². The Morgan fingerprint density at radius 1 is 1.26 bits per heavy atom. The van der Waals surface area contributed by atoms with Crippen molar-refractivity contribution in [3.05, 3.63) is 35.7 Å². The van der Waals surface area contributed by atoms with Crippen molar-refractivity contribution in [2.45, 2.75) is 23.5 Å². The summed E-state index contributed by atoms with van der Waals surface area (Å²) in [4.78, 5) is 13.0. The Labute approximate surface area is 121 Å². The molecule has 100 valence electrons. The Morgan fingerprint density at radius 3 is 2.84 bits per heavy atom. The van der Waals surface area contributed by atoms with Crippen LogP contribution in [0.25, 0.3) is 0 Å². The van der Waals surface area contributed by atoms with Gasteiger partial charge in [0.15, 0.2) is 5.16 Å². The van der Waals surface area contributed by atoms with E-state index in [0.717, 1.165) is 28.0 Å². The first-order valence-corrected chi connectivity index (χ1v) is 8.11. The van der Waals surface area contributed by atoms with Crippen LogP contribution >= 0.6 is 23.5 Å². The normalized spacial score (nSPS) is 10.6. The molecule has 0 spiro atoms. The van der Waals surface area contributed by atoms with Crippen LogP contribution in [0.3, 0.4) is 0 Å². The largest absolute Gasteiger partial charge is 0.384 e. The summed E-state index contributed by atoms with van der Waals surface area (Å²) in [6.07, 6.45) is 4.73. The number of aryl methyl sites for hydroxylation is 2. The Bertz CT molecular complexity index is 560. The van der Waals surface area contributed by atoms with E-state index in [1.54, 1.807) is 29.6 Å². The summed E-state index contributed by atoms with van der Waals surface area (Å²) in [7, 11) is 0. The first kappa shape index (κ1) is 14.1. The van der Waals surface area contributed by atoms with Crippen LogP contribution in [0.15, 0.2) is 34.6 Å². The number of nitrogens with two attached hydrogens (primary N) is 1. The van der Waals surface area contributed by atoms with E-state index in [0.29, 0.717) is 5.82 Å². The first-order valence-electron chi connectivity index (χ1n) is 5.90. The van der Waals surface area contributed by atoms with Crippen LogP contribution < -0.4 is 5.73 Å². The summed E-state index contributed by atoms with van der Waals surface area (Å²) in [5.74, 6) is 1.42. The summed E-state index contributed by atoms with van der Waals surface area (Å²) in [6, 6.07) is 5.90. The van der Waals surface area contributed by atoms with Gasteiger partial charge in [-0.25, -0.2) is 9.97 Å². The molecular weight excluding hydrogens is 276 g/mol. The smallest absolute Gasteiger partial charge is 0.190 e. The summed E-state index contributed by atoms with van der Waals surface area (Å²) < 4.78 is 0. The van der Waals surface area contributed by atoms with Crippen LogP contribution in [-0.2, 0) is 6.42 Å². The van der Waals surface area contributed by atoms with Gasteiger partial charge >= 0.3 is 0 Å². The Morgan fingerprint density at radius 2 is 2.11 bits per heavy atom. The van der Waals surface area contributed by atoms with Crippen LogP contribution in [0.1, 0.15) is 11.3 Å². The summed E-state index contributed by atoms with van der Waals surface area (Å²) in [5, 5.41) is 1.64. The molecule has 0 amide bonds. The van der Waals surface area contributed by atoms with E-state index in [-0.39, 0.29) is 0 Å². The molecule has 0 aliphatic rings. The Hall–Kier alpha value is -1.27. The van der Waals surface area contributed by atoms with Crippen molar-refractivity contribution in [1.29, 1.82) is 0 Å². The van der Waals surface area contributed by atoms with Crippen molar-refractivity contribution >= 4 is 29.3 Å². The molecule has 6 heteroatoms. The van der Waals surface area contributed by atoms with Gasteiger partial charge in [0.25, 0.3) is 0 Å². The van der Waals surface area contributed by atoms with E-state index in [1.165, 1.54) is 5.56 Å². The topological polar surface area (TPSA) is 64.7 Å². The average molecular weight is 292 g/mol. The second-order valence-electron chi connectivity index (χ2n) is 4.04. The van der Waals surface area contributed by atoms with E-state index < -0.39 is 0 Å². The van der Waals surface area contributed by atoms with Gasteiger partial charge in [0.1, 0.15) is 10.8 Å². The number of pyridine rings is 1. The van der Waals surface area contributed by atoms with Crippen LogP contribution in [0.5, 0.6) is 0 Å². The van der Waals surface area contributed by atoms with Crippen molar-refractivity contribution < 1.29 is 0 Å². The van der Waals surface area contributed by atoms with E-state index in [4.69, 9.17) is 5.73 Å². The molecule has 4 nitrogen and oxygen atoms in total. The number of nitrogens with zero attached hydrogens (tertiary/aromatic N) is 3. The molecule has 2 heterocycles. The molecule has 0 saturated heterocycles. The zero-order chi connectivity index (χ0) is 13.7. The van der Waals surface area contributed by atoms with Gasteiger partial charge in [0.2, 0.25) is 0 Å². The molecule has 2 aromatic rings. The van der Waals surface area contributed by atoms with Crippen LogP contribution in [0, 0.1) is 6.92 Å². The number of nitrogen functional groups attached to an aromatic ring is 1. The molecule has 19 heavy (non-hydrogen) atoms. The molecule has 0 aromatic carbocycles. The van der Waals surface area contributed by atoms with Gasteiger partial charge in [-0.2, -0.15) is 0 Å². The van der Waals surface area contributed by atoms with E-state index in [2.05, 4.69) is 27.9 Å². The van der Waals surface area contributed by atoms with Crippen molar-refractivity contribution in [2.24, 2.45) is 0 Å². The molecule has 0 fully saturated rings. The molecule has 2 N–H and O–H groups in total. The number of aromatic nitrogens is 3. The third-order valence-corrected chi connectivity index (χ3v) is 3.95. The molecular formula is C13H16N4S2. The van der Waals surface area contributed by atoms with Crippen LogP contribution in [0.2, 0.25) is 0 Å². The van der Waals surface area contributed by atoms with Crippen molar-refractivity contribution in [2.75, 3.05) is 17.7 Å². The van der Waals surface area contributed by atoms with Crippen molar-refractivity contribution in [1.82, 2.24) is 15.0 Å². The highest BCUT2D eigenvalue weighted by Gasteiger charge is 2.03. The molecule has 0 saturated carbocycles. The molecule has 0 aliphatic heterocycles. The SMILES string of the molecule is CSc1cc(N)nc(SCCc2cc(C)ccn2)n1. The molecule has 2 aromatic heterocycles. The molecule has 0 unspecified atom stereocenters. The maximum atomic E-state index is 5.75. The highest BCUT2D eigenvalue weighted by atomic mass is 32.2. The number of rotatable bonds is 5. The van der Waals surface area contributed by atoms with Crippen LogP contribution in [-0.4, -0.2) is 27.0 Å². The van der Waals surface area contributed by atoms with Gasteiger partial charge in [-0.15, -0.1) is 11.8 Å². The highest BCUT2D eigenvalue weighted by Crippen LogP contribution is 2.20. The van der Waals surface area contributed by atoms with Gasteiger partial charge < -0.3 is 5.73 Å². The van der Waals surface area contributed by atoms with Crippen molar-refractivity contribution in [3.8, 4) is 0 Å². The minimum Gasteiger partial charge on any atom is -0.384 e. The fourth-order valence-corrected chi connectivity index (χ4v) is 2.87. The second kappa shape index (κ2) is 6.77. The van der Waals surface area contributed by atoms with E-state index in [1.807, 2.05) is 18.5 Å². The minimum atomic E-state index is 0.524. The Kier molecular flexibility index (Phi) is 5.04. The van der Waals surface area contributed by atoms with Gasteiger partial charge in [0.05, 0.1) is 0 Å². The maximum absolute atomic E-state index is 5.75. The lowest BCUT2D eigenvalue weighted by Gasteiger charge is -2.04. The van der Waals surface area contributed by atoms with Gasteiger partial charge in [0, 0.05) is 23.7 Å². The zero-order valence-electron chi connectivity index (χ0n) is 11.0. The number of anilines is 1. The van der Waals surface area contributed by atoms with E-state index in [9.17, 15) is 0 Å². The third kappa shape index (κ3) is 4.40. The first-order chi connectivity index (χ1) is 9.17. The fraction of sp³-hybridized carbons (Fsp3) is 0.308. The lowest BCUT2D eigenvalue weighted by Crippen LogP contribution is -1.98. The number of hydrogen-bond acceptors (Lipinski definition) is 6. The maximum Gasteiger partial charge on any atom is 0.190 e. The zero-order valence-corrected chi connectivity index (χ0v) is 12.6. The molecule has 0 aliphatic carbocycles. The van der Waals surface area contributed by atoms with Gasteiger partial charge in [-0.3, -0.25) is 4.98 Å². The Balaban J connectivity index is 1.94. The molecule has 0 radical (unpaired) electrons. The molecule has 0 atom stereocenters. The fourth-order valence-electron chi connectivity index (χ4n) is 1.57. The van der Waals surface area contributed by atoms with Gasteiger partial charge in [-0.05, 0) is 37.3 Å². The lowest BCUT2D eigenvalue weighted by atomic mass is 10.2. The summed E-state index contributed by atoms with van der Waals surface area (Å²) >= 11 is 3.18. The van der Waals surface area contributed by atoms with Gasteiger partial charge in [-0.1, -0.05) is 11.8 Å². The number of hydrogen-bond donors (Lipinski definition) is 1. The highest BCUT2D eigenvalue weighted by molar-refractivity contribution is 7.99. The lowest BCUT2D eigenvalue weighted by molar-refractivity contribution is 0.898. The minimum absolute atomic E-state index is 0.524. The second-order valence-corrected chi connectivity index (χ2v) is 5.93. The monoisotopic (exact) mass is 292 g/mol. The standard InChI is InChI=1S/C13H16N4S2/c1-9-3-5-15-10(7-9)4-6-19-13-16-11(14)8-12(17-13)18-2/h3,5,7-8H,4,6H2,1-2H3,(H2,14,16,17). The van der Waals surface area contributed by atoms with Crippen molar-refractivity contribution in [3.63, 3.8) is 0 Å². The summed E-state index contributed by atoms with van der Waals surface area (Å²) in [5.41, 5.74) is 8.08. The molecule has 0 bridgehead atoms. The quantitative estimate of drug-likeness (QED) is 0.519. The summed E-state index contributed by atoms with van der Waals surface area (Å²) in [6.45, 7) is 2.07. The predicted octanol–water partition coefficient (Wildman–Crippen LogP) is 2.82. The third-order valence-electron chi connectivity index (χ3n) is 2.47. The average Bonchev–Trinajstić information content (AvgIpc) is 2.38. The molecule has 2 rings (SSSR count). The predicted molar refractivity (Wildman–Crippen MR) is 81.6 cm³/mol.